The van der Waals surface area contributed by atoms with Gasteiger partial charge in [-0.15, -0.1) is 11.6 Å². The van der Waals surface area contributed by atoms with Crippen LogP contribution in [-0.2, 0) is 0 Å². The molecule has 1 aromatic rings. The largest absolute Gasteiger partial charge is 0.123 e. The van der Waals surface area contributed by atoms with Gasteiger partial charge < -0.3 is 0 Å². The second kappa shape index (κ2) is 4.82. The van der Waals surface area contributed by atoms with Gasteiger partial charge in [-0.1, -0.05) is 36.4 Å². The van der Waals surface area contributed by atoms with E-state index in [1.54, 1.807) is 0 Å². The van der Waals surface area contributed by atoms with Crippen LogP contribution in [0.15, 0.2) is 24.3 Å². The Morgan fingerprint density at radius 3 is 2.46 bits per heavy atom. The van der Waals surface area contributed by atoms with Crippen molar-refractivity contribution in [3.8, 4) is 0 Å². The van der Waals surface area contributed by atoms with Gasteiger partial charge in [-0.3, -0.25) is 0 Å². The normalized spacial score (nSPS) is 15.6. The SMILES string of the molecule is CCC(c1ccccc1[SiH3])C(C)Cl. The minimum Gasteiger partial charge on any atom is -0.123 e. The van der Waals surface area contributed by atoms with Crippen LogP contribution in [0.5, 0.6) is 0 Å². The molecule has 0 amide bonds. The molecule has 0 heterocycles. The molecule has 0 radical (unpaired) electrons. The monoisotopic (exact) mass is 212 g/mol. The highest BCUT2D eigenvalue weighted by Gasteiger charge is 2.16. The van der Waals surface area contributed by atoms with E-state index in [0.29, 0.717) is 5.92 Å². The maximum atomic E-state index is 6.17. The van der Waals surface area contributed by atoms with Crippen molar-refractivity contribution >= 4 is 27.0 Å². The van der Waals surface area contributed by atoms with Crippen LogP contribution in [0.1, 0.15) is 31.7 Å². The number of alkyl halides is 1. The Hall–Kier alpha value is -0.273. The molecule has 72 valence electrons. The number of hydrogen-bond acceptors (Lipinski definition) is 0. The molecule has 0 nitrogen and oxygen atoms in total. The number of halogens is 1. The van der Waals surface area contributed by atoms with Crippen LogP contribution in [0.25, 0.3) is 0 Å². The molecule has 0 N–H and O–H groups in total. The average Bonchev–Trinajstić information content (AvgIpc) is 2.09. The summed E-state index contributed by atoms with van der Waals surface area (Å²) in [6.45, 7) is 4.29. The topological polar surface area (TPSA) is 0 Å². The third-order valence-electron chi connectivity index (χ3n) is 2.58. The minimum absolute atomic E-state index is 0.236. The molecule has 0 saturated heterocycles. The summed E-state index contributed by atoms with van der Waals surface area (Å²) in [6.07, 6.45) is 1.13. The number of benzene rings is 1. The van der Waals surface area contributed by atoms with Gasteiger partial charge in [-0.25, -0.2) is 0 Å². The Kier molecular flexibility index (Phi) is 4.01. The fourth-order valence-corrected chi connectivity index (χ4v) is 2.84. The van der Waals surface area contributed by atoms with Gasteiger partial charge in [0.05, 0.1) is 0 Å². The van der Waals surface area contributed by atoms with Crippen molar-refractivity contribution in [2.75, 3.05) is 0 Å². The molecule has 0 aliphatic rings. The Morgan fingerprint density at radius 1 is 1.38 bits per heavy atom. The van der Waals surface area contributed by atoms with E-state index in [1.807, 2.05) is 0 Å². The van der Waals surface area contributed by atoms with E-state index in [-0.39, 0.29) is 5.38 Å². The fourth-order valence-electron chi connectivity index (χ4n) is 1.79. The van der Waals surface area contributed by atoms with Crippen LogP contribution in [0.4, 0.5) is 0 Å². The molecule has 2 heteroatoms. The van der Waals surface area contributed by atoms with Crippen LogP contribution < -0.4 is 5.19 Å². The first kappa shape index (κ1) is 10.8. The lowest BCUT2D eigenvalue weighted by Gasteiger charge is -2.19. The summed E-state index contributed by atoms with van der Waals surface area (Å²) in [5, 5.41) is 1.72. The van der Waals surface area contributed by atoms with Gasteiger partial charge in [-0.2, -0.15) is 0 Å². The Labute approximate surface area is 88.7 Å². The quantitative estimate of drug-likeness (QED) is 0.530. The molecule has 0 fully saturated rings. The molecule has 0 saturated carbocycles. The van der Waals surface area contributed by atoms with Crippen LogP contribution in [-0.4, -0.2) is 15.6 Å². The average molecular weight is 213 g/mol. The van der Waals surface area contributed by atoms with Gasteiger partial charge in [0, 0.05) is 15.6 Å². The van der Waals surface area contributed by atoms with Crippen molar-refractivity contribution in [1.29, 1.82) is 0 Å². The zero-order valence-corrected chi connectivity index (χ0v) is 11.3. The zero-order valence-electron chi connectivity index (χ0n) is 8.55. The Balaban J connectivity index is 2.97. The Bertz CT molecular complexity index is 271. The summed E-state index contributed by atoms with van der Waals surface area (Å²) in [6, 6.07) is 8.65. The predicted octanol–water partition coefficient (Wildman–Crippen LogP) is 1.80. The second-order valence-corrected chi connectivity index (χ2v) is 5.31. The molecular weight excluding hydrogens is 196 g/mol. The standard InChI is InChI=1S/C11H17ClSi/c1-3-9(8(2)12)10-6-4-5-7-11(10)13/h4-9H,3H2,1-2,13H3. The molecular formula is C11H17ClSi. The van der Waals surface area contributed by atoms with Gasteiger partial charge in [0.2, 0.25) is 0 Å². The minimum atomic E-state index is 0.236. The first-order valence-electron chi connectivity index (χ1n) is 4.86. The van der Waals surface area contributed by atoms with Crippen molar-refractivity contribution in [3.63, 3.8) is 0 Å². The first-order valence-corrected chi connectivity index (χ1v) is 6.30. The third kappa shape index (κ3) is 2.58. The van der Waals surface area contributed by atoms with E-state index in [0.717, 1.165) is 16.7 Å². The van der Waals surface area contributed by atoms with Gasteiger partial charge in [0.15, 0.2) is 0 Å². The molecule has 1 aromatic carbocycles. The maximum absolute atomic E-state index is 6.17. The van der Waals surface area contributed by atoms with Crippen molar-refractivity contribution in [1.82, 2.24) is 0 Å². The highest BCUT2D eigenvalue weighted by molar-refractivity contribution is 6.33. The van der Waals surface area contributed by atoms with Gasteiger partial charge in [0.25, 0.3) is 0 Å². The number of hydrogen-bond donors (Lipinski definition) is 0. The lowest BCUT2D eigenvalue weighted by atomic mass is 9.93. The first-order chi connectivity index (χ1) is 6.16. The van der Waals surface area contributed by atoms with E-state index < -0.39 is 0 Å². The second-order valence-electron chi connectivity index (χ2n) is 3.55. The van der Waals surface area contributed by atoms with Gasteiger partial charge >= 0.3 is 0 Å². The summed E-state index contributed by atoms with van der Waals surface area (Å²) < 4.78 is 0. The maximum Gasteiger partial charge on any atom is 0.0388 e. The van der Waals surface area contributed by atoms with Crippen LogP contribution in [0, 0.1) is 0 Å². The van der Waals surface area contributed by atoms with E-state index in [9.17, 15) is 0 Å². The van der Waals surface area contributed by atoms with Crippen LogP contribution >= 0.6 is 11.6 Å². The molecule has 0 aromatic heterocycles. The van der Waals surface area contributed by atoms with Gasteiger partial charge in [-0.05, 0) is 24.8 Å². The van der Waals surface area contributed by atoms with Crippen LogP contribution in [0.3, 0.4) is 0 Å². The molecule has 13 heavy (non-hydrogen) atoms. The molecule has 1 rings (SSSR count). The Morgan fingerprint density at radius 2 is 2.00 bits per heavy atom. The molecule has 0 bridgehead atoms. The molecule has 2 atom stereocenters. The zero-order chi connectivity index (χ0) is 9.84. The lowest BCUT2D eigenvalue weighted by molar-refractivity contribution is 0.653. The van der Waals surface area contributed by atoms with Gasteiger partial charge in [0.1, 0.15) is 0 Å². The molecule has 0 aliphatic carbocycles. The highest BCUT2D eigenvalue weighted by atomic mass is 35.5. The highest BCUT2D eigenvalue weighted by Crippen LogP contribution is 2.24. The van der Waals surface area contributed by atoms with Crippen LogP contribution in [0.2, 0.25) is 0 Å². The summed E-state index contributed by atoms with van der Waals surface area (Å²) in [4.78, 5) is 0. The smallest absolute Gasteiger partial charge is 0.0388 e. The van der Waals surface area contributed by atoms with Crippen molar-refractivity contribution in [2.45, 2.75) is 31.6 Å². The molecule has 0 aliphatic heterocycles. The fraction of sp³-hybridized carbons (Fsp3) is 0.455. The van der Waals surface area contributed by atoms with Crippen molar-refractivity contribution in [2.24, 2.45) is 0 Å². The summed E-state index contributed by atoms with van der Waals surface area (Å²) in [7, 11) is 1.12. The third-order valence-corrected chi connectivity index (χ3v) is 3.80. The molecule has 0 spiro atoms. The lowest BCUT2D eigenvalue weighted by Crippen LogP contribution is -2.18. The van der Waals surface area contributed by atoms with E-state index in [2.05, 4.69) is 38.1 Å². The van der Waals surface area contributed by atoms with Crippen molar-refractivity contribution in [3.05, 3.63) is 29.8 Å². The molecule has 2 unspecified atom stereocenters. The van der Waals surface area contributed by atoms with E-state index in [1.165, 1.54) is 10.8 Å². The number of rotatable bonds is 3. The van der Waals surface area contributed by atoms with E-state index in [4.69, 9.17) is 11.6 Å². The summed E-state index contributed by atoms with van der Waals surface area (Å²) in [5.41, 5.74) is 1.46. The summed E-state index contributed by atoms with van der Waals surface area (Å²) >= 11 is 6.17. The van der Waals surface area contributed by atoms with Crippen molar-refractivity contribution < 1.29 is 0 Å². The predicted molar refractivity (Wildman–Crippen MR) is 64.4 cm³/mol. The van der Waals surface area contributed by atoms with E-state index >= 15 is 0 Å². The summed E-state index contributed by atoms with van der Waals surface area (Å²) in [5.74, 6) is 0.523.